The monoisotopic (exact) mass is 396 g/mol. The average molecular weight is 396 g/mol. The molecule has 0 atom stereocenters. The van der Waals surface area contributed by atoms with Crippen molar-refractivity contribution >= 4 is 27.3 Å². The second-order valence-corrected chi connectivity index (χ2v) is 8.35. The molecular weight excluding hydrogens is 374 g/mol. The van der Waals surface area contributed by atoms with Crippen LogP contribution in [-0.2, 0) is 14.8 Å². The molecule has 5 nitrogen and oxygen atoms in total. The highest BCUT2D eigenvalue weighted by Gasteiger charge is 2.25. The number of hydrogen-bond donors (Lipinski definition) is 1. The maximum Gasteiger partial charge on any atom is 0.232 e. The maximum absolute atomic E-state index is 14.0. The van der Waals surface area contributed by atoms with E-state index in [4.69, 9.17) is 0 Å². The fourth-order valence-electron chi connectivity index (χ4n) is 2.70. The van der Waals surface area contributed by atoms with E-state index in [1.165, 1.54) is 0 Å². The minimum Gasteiger partial charge on any atom is -0.326 e. The lowest BCUT2D eigenvalue weighted by Crippen LogP contribution is -2.34. The Morgan fingerprint density at radius 3 is 2.22 bits per heavy atom. The predicted molar refractivity (Wildman–Crippen MR) is 102 cm³/mol. The molecule has 0 heterocycles. The molecule has 1 N–H and O–H groups in total. The van der Waals surface area contributed by atoms with Gasteiger partial charge in [0.2, 0.25) is 15.9 Å². The minimum atomic E-state index is -3.98. The van der Waals surface area contributed by atoms with Crippen LogP contribution >= 0.6 is 0 Å². The van der Waals surface area contributed by atoms with Crippen molar-refractivity contribution in [1.82, 2.24) is 0 Å². The van der Waals surface area contributed by atoms with E-state index >= 15 is 0 Å². The Bertz CT molecular complexity index is 910. The molecule has 8 heteroatoms. The van der Waals surface area contributed by atoms with Crippen LogP contribution in [0, 0.1) is 11.6 Å². The second kappa shape index (κ2) is 8.47. The van der Waals surface area contributed by atoms with Crippen molar-refractivity contribution in [2.24, 2.45) is 0 Å². The highest BCUT2D eigenvalue weighted by atomic mass is 32.2. The summed E-state index contributed by atoms with van der Waals surface area (Å²) in [6, 6.07) is 10.3. The zero-order valence-corrected chi connectivity index (χ0v) is 16.2. The van der Waals surface area contributed by atoms with Crippen molar-refractivity contribution in [3.05, 3.63) is 59.7 Å². The molecule has 0 saturated heterocycles. The predicted octanol–water partition coefficient (Wildman–Crippen LogP) is 3.88. The summed E-state index contributed by atoms with van der Waals surface area (Å²) >= 11 is 0. The van der Waals surface area contributed by atoms with E-state index < -0.39 is 33.3 Å². The minimum absolute atomic E-state index is 0.182. The summed E-state index contributed by atoms with van der Waals surface area (Å²) in [4.78, 5) is 12.3. The Balaban J connectivity index is 2.18. The number of carbonyl (C=O) groups is 1. The number of sulfonamides is 1. The smallest absolute Gasteiger partial charge is 0.232 e. The van der Waals surface area contributed by atoms with Crippen molar-refractivity contribution < 1.29 is 22.0 Å². The zero-order valence-electron chi connectivity index (χ0n) is 15.4. The summed E-state index contributed by atoms with van der Waals surface area (Å²) in [7, 11) is -3.98. The molecule has 0 spiro atoms. The van der Waals surface area contributed by atoms with Crippen LogP contribution in [0.5, 0.6) is 0 Å². The lowest BCUT2D eigenvalue weighted by atomic mass is 10.0. The summed E-state index contributed by atoms with van der Waals surface area (Å²) in [6.45, 7) is 3.58. The summed E-state index contributed by atoms with van der Waals surface area (Å²) < 4.78 is 52.6. The number of nitrogens with zero attached hydrogens (tertiary/aromatic N) is 1. The Morgan fingerprint density at radius 1 is 1.07 bits per heavy atom. The SMILES string of the molecule is CC(C)c1ccccc1NC(=O)CCN(c1c(F)cccc1F)S(C)(=O)=O. The lowest BCUT2D eigenvalue weighted by Gasteiger charge is -2.23. The van der Waals surface area contributed by atoms with Gasteiger partial charge in [-0.25, -0.2) is 17.2 Å². The molecule has 2 rings (SSSR count). The van der Waals surface area contributed by atoms with Crippen LogP contribution in [0.15, 0.2) is 42.5 Å². The number of benzene rings is 2. The molecule has 146 valence electrons. The van der Waals surface area contributed by atoms with Crippen molar-refractivity contribution in [3.8, 4) is 0 Å². The molecule has 0 aliphatic heterocycles. The van der Waals surface area contributed by atoms with E-state index in [1.54, 1.807) is 12.1 Å². The van der Waals surface area contributed by atoms with Gasteiger partial charge in [-0.2, -0.15) is 0 Å². The number of hydrogen-bond acceptors (Lipinski definition) is 3. The van der Waals surface area contributed by atoms with Crippen LogP contribution in [0.2, 0.25) is 0 Å². The van der Waals surface area contributed by atoms with Crippen LogP contribution in [0.25, 0.3) is 0 Å². The van der Waals surface area contributed by atoms with Crippen molar-refractivity contribution in [1.29, 1.82) is 0 Å². The van der Waals surface area contributed by atoms with Gasteiger partial charge < -0.3 is 5.32 Å². The molecular formula is C19H22F2N2O3S. The first-order valence-electron chi connectivity index (χ1n) is 8.41. The maximum atomic E-state index is 14.0. The van der Waals surface area contributed by atoms with E-state index in [9.17, 15) is 22.0 Å². The molecule has 1 amide bonds. The van der Waals surface area contributed by atoms with Crippen molar-refractivity contribution in [2.45, 2.75) is 26.2 Å². The fraction of sp³-hybridized carbons (Fsp3) is 0.316. The lowest BCUT2D eigenvalue weighted by molar-refractivity contribution is -0.116. The molecule has 0 aliphatic carbocycles. The van der Waals surface area contributed by atoms with Gasteiger partial charge in [0.05, 0.1) is 6.26 Å². The fourth-order valence-corrected chi connectivity index (χ4v) is 3.63. The topological polar surface area (TPSA) is 66.5 Å². The summed E-state index contributed by atoms with van der Waals surface area (Å²) in [5.41, 5.74) is 0.877. The van der Waals surface area contributed by atoms with E-state index in [0.29, 0.717) is 9.99 Å². The van der Waals surface area contributed by atoms with Gasteiger partial charge in [0.25, 0.3) is 0 Å². The molecule has 0 bridgehead atoms. The molecule has 0 fully saturated rings. The van der Waals surface area contributed by atoms with Crippen LogP contribution < -0.4 is 9.62 Å². The molecule has 0 unspecified atom stereocenters. The Kier molecular flexibility index (Phi) is 6.54. The average Bonchev–Trinajstić information content (AvgIpc) is 2.56. The van der Waals surface area contributed by atoms with Crippen LogP contribution in [-0.4, -0.2) is 27.1 Å². The normalized spacial score (nSPS) is 11.5. The Labute approximate surface area is 158 Å². The van der Waals surface area contributed by atoms with E-state index in [1.807, 2.05) is 26.0 Å². The third-order valence-electron chi connectivity index (χ3n) is 3.99. The van der Waals surface area contributed by atoms with Crippen molar-refractivity contribution in [3.63, 3.8) is 0 Å². The molecule has 0 radical (unpaired) electrons. The molecule has 0 saturated carbocycles. The Morgan fingerprint density at radius 2 is 1.67 bits per heavy atom. The molecule has 0 aliphatic rings. The van der Waals surface area contributed by atoms with Gasteiger partial charge >= 0.3 is 0 Å². The zero-order chi connectivity index (χ0) is 20.2. The highest BCUT2D eigenvalue weighted by Crippen LogP contribution is 2.26. The summed E-state index contributed by atoms with van der Waals surface area (Å²) in [5.74, 6) is -2.29. The Hall–Kier alpha value is -2.48. The first kappa shape index (κ1) is 20.8. The van der Waals surface area contributed by atoms with Gasteiger partial charge in [0.15, 0.2) is 11.6 Å². The summed E-state index contributed by atoms with van der Waals surface area (Å²) in [5, 5.41) is 2.73. The third kappa shape index (κ3) is 5.26. The number of halogens is 2. The number of rotatable bonds is 7. The molecule has 2 aromatic rings. The van der Waals surface area contributed by atoms with Crippen LogP contribution in [0.3, 0.4) is 0 Å². The number of amides is 1. The number of para-hydroxylation sites is 2. The van der Waals surface area contributed by atoms with Crippen molar-refractivity contribution in [2.75, 3.05) is 22.4 Å². The van der Waals surface area contributed by atoms with Crippen LogP contribution in [0.1, 0.15) is 31.7 Å². The molecule has 2 aromatic carbocycles. The standard InChI is InChI=1S/C19H22F2N2O3S/c1-13(2)14-7-4-5-10-17(14)22-18(24)11-12-23(27(3,25)26)19-15(20)8-6-9-16(19)21/h4-10,13H,11-12H2,1-3H3,(H,22,24). The van der Waals surface area contributed by atoms with E-state index in [0.717, 1.165) is 30.0 Å². The first-order chi connectivity index (χ1) is 12.6. The van der Waals surface area contributed by atoms with Crippen LogP contribution in [0.4, 0.5) is 20.2 Å². The molecule has 0 aromatic heterocycles. The van der Waals surface area contributed by atoms with Gasteiger partial charge in [-0.1, -0.05) is 38.1 Å². The summed E-state index contributed by atoms with van der Waals surface area (Å²) in [6.07, 6.45) is 0.581. The third-order valence-corrected chi connectivity index (χ3v) is 5.15. The second-order valence-electron chi connectivity index (χ2n) is 6.45. The van der Waals surface area contributed by atoms with Gasteiger partial charge in [-0.3, -0.25) is 9.10 Å². The van der Waals surface area contributed by atoms with Gasteiger partial charge in [-0.05, 0) is 29.7 Å². The highest BCUT2D eigenvalue weighted by molar-refractivity contribution is 7.92. The van der Waals surface area contributed by atoms with E-state index in [-0.39, 0.29) is 18.9 Å². The quantitative estimate of drug-likeness (QED) is 0.772. The first-order valence-corrected chi connectivity index (χ1v) is 10.3. The van der Waals surface area contributed by atoms with Gasteiger partial charge in [0.1, 0.15) is 5.69 Å². The van der Waals surface area contributed by atoms with E-state index in [2.05, 4.69) is 5.32 Å². The number of nitrogens with one attached hydrogen (secondary N) is 1. The molecule has 27 heavy (non-hydrogen) atoms. The van der Waals surface area contributed by atoms with Gasteiger partial charge in [-0.15, -0.1) is 0 Å². The number of carbonyl (C=O) groups excluding carboxylic acids is 1. The largest absolute Gasteiger partial charge is 0.326 e. The van der Waals surface area contributed by atoms with Gasteiger partial charge in [0, 0.05) is 18.7 Å². The number of anilines is 2.